The fourth-order valence-corrected chi connectivity index (χ4v) is 5.30. The maximum absolute atomic E-state index is 12.2. The average molecular weight is 331 g/mol. The molecule has 0 spiro atoms. The van der Waals surface area contributed by atoms with E-state index in [1.807, 2.05) is 26.0 Å². The molecular formula is C13H18N2O2S3. The number of thiophene rings is 2. The largest absolute Gasteiger partial charge is 0.326 e. The van der Waals surface area contributed by atoms with Crippen LogP contribution in [0.3, 0.4) is 0 Å². The fourth-order valence-electron chi connectivity index (χ4n) is 1.88. The van der Waals surface area contributed by atoms with E-state index in [9.17, 15) is 8.42 Å². The summed E-state index contributed by atoms with van der Waals surface area (Å²) in [6.45, 7) is 4.29. The zero-order valence-corrected chi connectivity index (χ0v) is 13.9. The number of rotatable bonds is 6. The van der Waals surface area contributed by atoms with E-state index in [4.69, 9.17) is 5.73 Å². The van der Waals surface area contributed by atoms with E-state index in [2.05, 4.69) is 4.72 Å². The number of sulfonamides is 1. The van der Waals surface area contributed by atoms with Crippen LogP contribution < -0.4 is 10.5 Å². The number of aryl methyl sites for hydroxylation is 1. The van der Waals surface area contributed by atoms with Gasteiger partial charge in [-0.05, 0) is 38.5 Å². The molecule has 0 amide bonds. The summed E-state index contributed by atoms with van der Waals surface area (Å²) in [5.74, 6) is 0. The topological polar surface area (TPSA) is 72.2 Å². The van der Waals surface area contributed by atoms with Gasteiger partial charge in [-0.2, -0.15) is 0 Å². The summed E-state index contributed by atoms with van der Waals surface area (Å²) in [6.07, 6.45) is 0.700. The van der Waals surface area contributed by atoms with Crippen molar-refractivity contribution in [1.82, 2.24) is 4.72 Å². The van der Waals surface area contributed by atoms with Crippen molar-refractivity contribution in [3.8, 4) is 0 Å². The molecule has 2 heterocycles. The average Bonchev–Trinajstić information content (AvgIpc) is 2.97. The summed E-state index contributed by atoms with van der Waals surface area (Å²) in [6, 6.07) is 5.59. The molecule has 0 radical (unpaired) electrons. The molecule has 0 saturated carbocycles. The van der Waals surface area contributed by atoms with Crippen LogP contribution in [-0.4, -0.2) is 14.5 Å². The highest BCUT2D eigenvalue weighted by Gasteiger charge is 2.19. The van der Waals surface area contributed by atoms with Crippen molar-refractivity contribution in [2.24, 2.45) is 5.73 Å². The smallest absolute Gasteiger partial charge is 0.241 e. The van der Waals surface area contributed by atoms with Crippen LogP contribution in [0.4, 0.5) is 0 Å². The Bertz CT molecular complexity index is 673. The van der Waals surface area contributed by atoms with Crippen molar-refractivity contribution >= 4 is 32.7 Å². The second-order valence-electron chi connectivity index (χ2n) is 4.69. The minimum atomic E-state index is -3.45. The molecule has 0 aliphatic carbocycles. The highest BCUT2D eigenvalue weighted by molar-refractivity contribution is 7.89. The third-order valence-electron chi connectivity index (χ3n) is 2.80. The Labute approximate surface area is 127 Å². The second-order valence-corrected chi connectivity index (χ2v) is 8.77. The lowest BCUT2D eigenvalue weighted by molar-refractivity contribution is 0.561. The molecule has 0 fully saturated rings. The summed E-state index contributed by atoms with van der Waals surface area (Å²) >= 11 is 3.07. The van der Waals surface area contributed by atoms with Gasteiger partial charge < -0.3 is 5.73 Å². The second kappa shape index (κ2) is 6.36. The molecule has 2 rings (SSSR count). The van der Waals surface area contributed by atoms with Gasteiger partial charge in [-0.15, -0.1) is 22.7 Å². The van der Waals surface area contributed by atoms with Crippen molar-refractivity contribution < 1.29 is 8.42 Å². The first-order chi connectivity index (χ1) is 9.40. The van der Waals surface area contributed by atoms with Crippen LogP contribution in [-0.2, 0) is 23.0 Å². The van der Waals surface area contributed by atoms with E-state index in [1.165, 1.54) is 21.1 Å². The maximum Gasteiger partial charge on any atom is 0.241 e. The van der Waals surface area contributed by atoms with Crippen LogP contribution in [0, 0.1) is 6.92 Å². The van der Waals surface area contributed by atoms with E-state index in [-0.39, 0.29) is 6.04 Å². The molecular weight excluding hydrogens is 312 g/mol. The first kappa shape index (κ1) is 15.7. The molecule has 1 unspecified atom stereocenters. The van der Waals surface area contributed by atoms with Crippen LogP contribution in [0.2, 0.25) is 0 Å². The SMILES string of the molecule is Cc1ccc(CC(C)NS(=O)(=O)c2csc(CN)c2)s1. The van der Waals surface area contributed by atoms with Crippen molar-refractivity contribution in [2.75, 3.05) is 0 Å². The van der Waals surface area contributed by atoms with E-state index in [0.717, 1.165) is 4.88 Å². The summed E-state index contributed by atoms with van der Waals surface area (Å²) in [7, 11) is -3.45. The minimum absolute atomic E-state index is 0.140. The number of hydrogen-bond donors (Lipinski definition) is 2. The molecule has 20 heavy (non-hydrogen) atoms. The van der Waals surface area contributed by atoms with Gasteiger partial charge in [0.15, 0.2) is 0 Å². The standard InChI is InChI=1S/C13H18N2O2S3/c1-9(5-11-4-3-10(2)19-11)15-20(16,17)13-6-12(7-14)18-8-13/h3-4,6,8-9,15H,5,7,14H2,1-2H3. The molecule has 1 atom stereocenters. The van der Waals surface area contributed by atoms with Crippen LogP contribution >= 0.6 is 22.7 Å². The molecule has 4 nitrogen and oxygen atoms in total. The van der Waals surface area contributed by atoms with Crippen LogP contribution in [0.1, 0.15) is 21.6 Å². The predicted octanol–water partition coefficient (Wildman–Crippen LogP) is 2.49. The molecule has 0 bridgehead atoms. The Morgan fingerprint density at radius 3 is 2.65 bits per heavy atom. The van der Waals surface area contributed by atoms with Crippen molar-refractivity contribution in [1.29, 1.82) is 0 Å². The summed E-state index contributed by atoms with van der Waals surface area (Å²) in [4.78, 5) is 3.59. The highest BCUT2D eigenvalue weighted by atomic mass is 32.2. The predicted molar refractivity (Wildman–Crippen MR) is 84.8 cm³/mol. The molecule has 0 saturated heterocycles. The lowest BCUT2D eigenvalue weighted by atomic mass is 10.2. The maximum atomic E-state index is 12.2. The number of nitrogens with two attached hydrogens (primary N) is 1. The Morgan fingerprint density at radius 2 is 2.10 bits per heavy atom. The normalized spacial score (nSPS) is 13.6. The molecule has 0 aliphatic heterocycles. The molecule has 0 aromatic carbocycles. The van der Waals surface area contributed by atoms with E-state index in [1.54, 1.807) is 22.8 Å². The van der Waals surface area contributed by atoms with E-state index in [0.29, 0.717) is 17.9 Å². The molecule has 0 aliphatic rings. The third kappa shape index (κ3) is 3.89. The zero-order valence-electron chi connectivity index (χ0n) is 11.4. The first-order valence-electron chi connectivity index (χ1n) is 6.26. The van der Waals surface area contributed by atoms with Gasteiger partial charge in [-0.3, -0.25) is 0 Å². The molecule has 2 aromatic rings. The third-order valence-corrected chi connectivity index (χ3v) is 6.50. The van der Waals surface area contributed by atoms with E-state index < -0.39 is 10.0 Å². The fraction of sp³-hybridized carbons (Fsp3) is 0.385. The van der Waals surface area contributed by atoms with Crippen molar-refractivity contribution in [2.45, 2.75) is 37.8 Å². The molecule has 110 valence electrons. The van der Waals surface area contributed by atoms with Gasteiger partial charge in [0.1, 0.15) is 0 Å². The van der Waals surface area contributed by atoms with Gasteiger partial charge in [0.25, 0.3) is 0 Å². The van der Waals surface area contributed by atoms with Crippen molar-refractivity contribution in [3.63, 3.8) is 0 Å². The van der Waals surface area contributed by atoms with Gasteiger partial charge in [0, 0.05) is 32.6 Å². The van der Waals surface area contributed by atoms with Gasteiger partial charge in [0.05, 0.1) is 4.90 Å². The summed E-state index contributed by atoms with van der Waals surface area (Å²) < 4.78 is 27.2. The van der Waals surface area contributed by atoms with Crippen LogP contribution in [0.25, 0.3) is 0 Å². The first-order valence-corrected chi connectivity index (χ1v) is 9.44. The quantitative estimate of drug-likeness (QED) is 0.855. The number of hydrogen-bond acceptors (Lipinski definition) is 5. The summed E-state index contributed by atoms with van der Waals surface area (Å²) in [5.41, 5.74) is 5.51. The lowest BCUT2D eigenvalue weighted by Gasteiger charge is -2.12. The van der Waals surface area contributed by atoms with Crippen LogP contribution in [0.15, 0.2) is 28.5 Å². The Morgan fingerprint density at radius 1 is 1.35 bits per heavy atom. The molecule has 2 aromatic heterocycles. The van der Waals surface area contributed by atoms with Gasteiger partial charge in [-0.1, -0.05) is 0 Å². The van der Waals surface area contributed by atoms with E-state index >= 15 is 0 Å². The minimum Gasteiger partial charge on any atom is -0.326 e. The van der Waals surface area contributed by atoms with Gasteiger partial charge >= 0.3 is 0 Å². The number of nitrogens with one attached hydrogen (secondary N) is 1. The van der Waals surface area contributed by atoms with Gasteiger partial charge in [0.2, 0.25) is 10.0 Å². The summed E-state index contributed by atoms with van der Waals surface area (Å²) in [5, 5.41) is 1.63. The monoisotopic (exact) mass is 330 g/mol. The highest BCUT2D eigenvalue weighted by Crippen LogP contribution is 2.20. The van der Waals surface area contributed by atoms with Crippen molar-refractivity contribution in [3.05, 3.63) is 38.2 Å². The Balaban J connectivity index is 2.04. The lowest BCUT2D eigenvalue weighted by Crippen LogP contribution is -2.33. The molecule has 7 heteroatoms. The zero-order chi connectivity index (χ0) is 14.8. The Kier molecular flexibility index (Phi) is 4.98. The Hall–Kier alpha value is -0.730. The molecule has 3 N–H and O–H groups in total. The van der Waals surface area contributed by atoms with Gasteiger partial charge in [-0.25, -0.2) is 13.1 Å². The van der Waals surface area contributed by atoms with Crippen LogP contribution in [0.5, 0.6) is 0 Å².